The van der Waals surface area contributed by atoms with Crippen LogP contribution in [-0.2, 0) is 9.47 Å². The first-order valence-electron chi connectivity index (χ1n) is 5.06. The zero-order valence-corrected chi connectivity index (χ0v) is 9.70. The first-order valence-corrected chi connectivity index (χ1v) is 5.06. The second-order valence-electron chi connectivity index (χ2n) is 3.42. The van der Waals surface area contributed by atoms with Crippen molar-refractivity contribution in [2.75, 3.05) is 19.8 Å². The number of rotatable bonds is 7. The Morgan fingerprint density at radius 2 is 2.00 bits per heavy atom. The van der Waals surface area contributed by atoms with Gasteiger partial charge in [-0.25, -0.2) is 0 Å². The number of oxime groups is 1. The monoisotopic (exact) mass is 258 g/mol. The van der Waals surface area contributed by atoms with Crippen molar-refractivity contribution in [1.29, 1.82) is 0 Å². The number of hydrogen-bond acceptors (Lipinski definition) is 4. The highest BCUT2D eigenvalue weighted by atomic mass is 19.4. The average Bonchev–Trinajstić information content (AvgIpc) is 2.24. The van der Waals surface area contributed by atoms with E-state index < -0.39 is 30.6 Å². The summed E-state index contributed by atoms with van der Waals surface area (Å²) in [5.41, 5.74) is 4.96. The zero-order chi connectivity index (χ0) is 13.5. The smallest absolute Gasteiger partial charge is 0.401 e. The van der Waals surface area contributed by atoms with Gasteiger partial charge in [-0.05, 0) is 13.8 Å². The highest BCUT2D eigenvalue weighted by Gasteiger charge is 2.43. The normalized spacial score (nSPS) is 16.9. The molecule has 0 aliphatic heterocycles. The molecule has 3 N–H and O–H groups in total. The number of ether oxygens (including phenoxy) is 2. The maximum absolute atomic E-state index is 12.5. The molecule has 0 rings (SSSR count). The zero-order valence-electron chi connectivity index (χ0n) is 9.70. The quantitative estimate of drug-likeness (QED) is 0.313. The van der Waals surface area contributed by atoms with Crippen LogP contribution in [0.15, 0.2) is 5.16 Å². The lowest BCUT2D eigenvalue weighted by Gasteiger charge is -2.21. The Morgan fingerprint density at radius 3 is 2.41 bits per heavy atom. The third-order valence-electron chi connectivity index (χ3n) is 1.97. The highest BCUT2D eigenvalue weighted by Crippen LogP contribution is 2.26. The number of nitrogens with zero attached hydrogens (tertiary/aromatic N) is 1. The molecule has 5 nitrogen and oxygen atoms in total. The first-order chi connectivity index (χ1) is 7.82. The predicted octanol–water partition coefficient (Wildman–Crippen LogP) is 1.35. The molecule has 2 unspecified atom stereocenters. The van der Waals surface area contributed by atoms with E-state index >= 15 is 0 Å². The van der Waals surface area contributed by atoms with Crippen LogP contribution < -0.4 is 5.73 Å². The van der Waals surface area contributed by atoms with Crippen molar-refractivity contribution in [3.63, 3.8) is 0 Å². The van der Waals surface area contributed by atoms with Crippen LogP contribution >= 0.6 is 0 Å². The fraction of sp³-hybridized carbons (Fsp3) is 0.889. The standard InChI is InChI=1S/C9H17F3N2O3/c1-3-16-4-6(2)17-5-7(8(13)14-15)9(10,11)12/h6-7,15H,3-5H2,1-2H3,(H2,13,14). The van der Waals surface area contributed by atoms with Gasteiger partial charge in [-0.15, -0.1) is 0 Å². The van der Waals surface area contributed by atoms with Gasteiger partial charge < -0.3 is 20.4 Å². The van der Waals surface area contributed by atoms with Crippen LogP contribution in [0, 0.1) is 5.92 Å². The van der Waals surface area contributed by atoms with Crippen LogP contribution in [0.4, 0.5) is 13.2 Å². The maximum atomic E-state index is 12.5. The van der Waals surface area contributed by atoms with Crippen molar-refractivity contribution in [2.24, 2.45) is 16.8 Å². The van der Waals surface area contributed by atoms with Gasteiger partial charge in [0.2, 0.25) is 0 Å². The summed E-state index contributed by atoms with van der Waals surface area (Å²) in [6.45, 7) is 3.29. The van der Waals surface area contributed by atoms with Crippen LogP contribution in [-0.4, -0.2) is 43.1 Å². The van der Waals surface area contributed by atoms with Gasteiger partial charge in [0, 0.05) is 6.61 Å². The Bertz CT molecular complexity index is 246. The minimum Gasteiger partial charge on any atom is -0.409 e. The number of amidine groups is 1. The van der Waals surface area contributed by atoms with Gasteiger partial charge in [0.25, 0.3) is 0 Å². The molecule has 0 radical (unpaired) electrons. The molecule has 0 heterocycles. The van der Waals surface area contributed by atoms with Crippen molar-refractivity contribution in [3.05, 3.63) is 0 Å². The third kappa shape index (κ3) is 6.32. The summed E-state index contributed by atoms with van der Waals surface area (Å²) in [6.07, 6.45) is -5.10. The molecule has 0 spiro atoms. The van der Waals surface area contributed by atoms with Crippen molar-refractivity contribution >= 4 is 5.84 Å². The fourth-order valence-electron chi connectivity index (χ4n) is 1.01. The van der Waals surface area contributed by atoms with Gasteiger partial charge in [0.15, 0.2) is 5.84 Å². The fourth-order valence-corrected chi connectivity index (χ4v) is 1.01. The van der Waals surface area contributed by atoms with Crippen LogP contribution in [0.3, 0.4) is 0 Å². The van der Waals surface area contributed by atoms with Gasteiger partial charge in [0.1, 0.15) is 5.92 Å². The van der Waals surface area contributed by atoms with Crippen LogP contribution in [0.1, 0.15) is 13.8 Å². The molecule has 0 fully saturated rings. The summed E-state index contributed by atoms with van der Waals surface area (Å²) in [6, 6.07) is 0. The molecule has 0 bridgehead atoms. The number of nitrogens with two attached hydrogens (primary N) is 1. The lowest BCUT2D eigenvalue weighted by atomic mass is 10.1. The molecule has 0 saturated heterocycles. The Balaban J connectivity index is 4.28. The van der Waals surface area contributed by atoms with E-state index in [1.165, 1.54) is 0 Å². The molecule has 0 aromatic carbocycles. The van der Waals surface area contributed by atoms with E-state index in [4.69, 9.17) is 20.4 Å². The molecule has 0 aliphatic carbocycles. The Hall–Kier alpha value is -1.02. The SMILES string of the molecule is CCOCC(C)OCC(C(N)=NO)C(F)(F)F. The molecule has 102 valence electrons. The average molecular weight is 258 g/mol. The summed E-state index contributed by atoms with van der Waals surface area (Å²) >= 11 is 0. The molecular formula is C9H17F3N2O3. The van der Waals surface area contributed by atoms with Crippen molar-refractivity contribution in [2.45, 2.75) is 26.1 Å². The minimum atomic E-state index is -4.61. The molecule has 0 saturated carbocycles. The van der Waals surface area contributed by atoms with E-state index in [-0.39, 0.29) is 6.61 Å². The van der Waals surface area contributed by atoms with Crippen molar-refractivity contribution in [1.82, 2.24) is 0 Å². The summed E-state index contributed by atoms with van der Waals surface area (Å²) in [4.78, 5) is 0. The molecule has 2 atom stereocenters. The second kappa shape index (κ2) is 7.33. The number of hydrogen-bond donors (Lipinski definition) is 2. The molecule has 8 heteroatoms. The van der Waals surface area contributed by atoms with E-state index in [0.29, 0.717) is 6.61 Å². The largest absolute Gasteiger partial charge is 0.409 e. The van der Waals surface area contributed by atoms with E-state index in [1.54, 1.807) is 13.8 Å². The van der Waals surface area contributed by atoms with Crippen molar-refractivity contribution < 1.29 is 27.9 Å². The minimum absolute atomic E-state index is 0.192. The molecule has 0 aliphatic rings. The summed E-state index contributed by atoms with van der Waals surface area (Å²) in [5.74, 6) is -3.03. The van der Waals surface area contributed by atoms with E-state index in [0.717, 1.165) is 0 Å². The predicted molar refractivity (Wildman–Crippen MR) is 54.9 cm³/mol. The topological polar surface area (TPSA) is 77.1 Å². The first kappa shape index (κ1) is 16.0. The summed E-state index contributed by atoms with van der Waals surface area (Å²) in [7, 11) is 0. The lowest BCUT2D eigenvalue weighted by Crippen LogP contribution is -2.40. The lowest BCUT2D eigenvalue weighted by molar-refractivity contribution is -0.173. The van der Waals surface area contributed by atoms with Crippen molar-refractivity contribution in [3.8, 4) is 0 Å². The molecule has 0 amide bonds. The Kier molecular flexibility index (Phi) is 6.89. The Morgan fingerprint density at radius 1 is 1.41 bits per heavy atom. The summed E-state index contributed by atoms with van der Waals surface area (Å²) < 4.78 is 47.4. The van der Waals surface area contributed by atoms with Gasteiger partial charge >= 0.3 is 6.18 Å². The van der Waals surface area contributed by atoms with Crippen LogP contribution in [0.25, 0.3) is 0 Å². The van der Waals surface area contributed by atoms with E-state index in [2.05, 4.69) is 5.16 Å². The molecule has 0 aromatic rings. The van der Waals surface area contributed by atoms with Crippen LogP contribution in [0.2, 0.25) is 0 Å². The van der Waals surface area contributed by atoms with Crippen LogP contribution in [0.5, 0.6) is 0 Å². The van der Waals surface area contributed by atoms with Gasteiger partial charge in [-0.3, -0.25) is 0 Å². The number of alkyl halides is 3. The molecule has 0 aromatic heterocycles. The van der Waals surface area contributed by atoms with E-state index in [1.807, 2.05) is 0 Å². The molecular weight excluding hydrogens is 241 g/mol. The number of halogens is 3. The van der Waals surface area contributed by atoms with Gasteiger partial charge in [-0.1, -0.05) is 5.16 Å². The highest BCUT2D eigenvalue weighted by molar-refractivity contribution is 5.83. The second-order valence-corrected chi connectivity index (χ2v) is 3.42. The third-order valence-corrected chi connectivity index (χ3v) is 1.97. The van der Waals surface area contributed by atoms with Gasteiger partial charge in [-0.2, -0.15) is 13.2 Å². The Labute approximate surface area is 97.4 Å². The molecule has 17 heavy (non-hydrogen) atoms. The summed E-state index contributed by atoms with van der Waals surface area (Å²) in [5, 5.41) is 10.6. The van der Waals surface area contributed by atoms with Gasteiger partial charge in [0.05, 0.1) is 19.3 Å². The maximum Gasteiger partial charge on any atom is 0.401 e. The van der Waals surface area contributed by atoms with E-state index in [9.17, 15) is 13.2 Å².